The van der Waals surface area contributed by atoms with E-state index in [4.69, 9.17) is 4.74 Å². The second kappa shape index (κ2) is 7.99. The number of carbonyl (C=O) groups is 2. The molecule has 2 aromatic rings. The first-order valence-electron chi connectivity index (χ1n) is 8.49. The maximum Gasteiger partial charge on any atom is 0.251 e. The Morgan fingerprint density at radius 2 is 1.88 bits per heavy atom. The Morgan fingerprint density at radius 3 is 2.54 bits per heavy atom. The van der Waals surface area contributed by atoms with E-state index in [1.165, 1.54) is 12.1 Å². The van der Waals surface area contributed by atoms with Gasteiger partial charge in [-0.05, 0) is 42.0 Å². The summed E-state index contributed by atoms with van der Waals surface area (Å²) in [5.74, 6) is 0.361. The predicted octanol–water partition coefficient (Wildman–Crippen LogP) is 2.61. The van der Waals surface area contributed by atoms with Crippen LogP contribution in [0.5, 0.6) is 5.75 Å². The topological polar surface area (TPSA) is 58.6 Å². The Labute approximate surface area is 151 Å². The molecule has 0 unspecified atom stereocenters. The zero-order chi connectivity index (χ0) is 18.5. The number of ether oxygens (including phenoxy) is 1. The molecule has 136 valence electrons. The molecule has 26 heavy (non-hydrogen) atoms. The van der Waals surface area contributed by atoms with Gasteiger partial charge in [0.15, 0.2) is 0 Å². The molecule has 1 atom stereocenters. The largest absolute Gasteiger partial charge is 0.497 e. The van der Waals surface area contributed by atoms with Crippen molar-refractivity contribution in [3.05, 3.63) is 65.5 Å². The molecule has 0 radical (unpaired) electrons. The number of amides is 2. The molecule has 1 fully saturated rings. The maximum atomic E-state index is 13.0. The molecule has 0 aromatic heterocycles. The lowest BCUT2D eigenvalue weighted by Gasteiger charge is -2.17. The van der Waals surface area contributed by atoms with Crippen LogP contribution in [0.15, 0.2) is 48.5 Å². The van der Waals surface area contributed by atoms with Crippen LogP contribution in [0, 0.1) is 11.7 Å². The molecule has 2 aromatic carbocycles. The van der Waals surface area contributed by atoms with E-state index in [9.17, 15) is 14.0 Å². The number of hydrogen-bond acceptors (Lipinski definition) is 3. The van der Waals surface area contributed by atoms with Gasteiger partial charge in [-0.3, -0.25) is 9.59 Å². The Hall–Kier alpha value is -2.89. The van der Waals surface area contributed by atoms with Gasteiger partial charge in [-0.2, -0.15) is 0 Å². The number of likely N-dealkylation sites (tertiary alicyclic amines) is 1. The van der Waals surface area contributed by atoms with Crippen molar-refractivity contribution in [2.75, 3.05) is 20.2 Å². The molecule has 6 heteroatoms. The van der Waals surface area contributed by atoms with Crippen molar-refractivity contribution in [2.24, 2.45) is 5.92 Å². The van der Waals surface area contributed by atoms with Gasteiger partial charge in [-0.1, -0.05) is 12.1 Å². The van der Waals surface area contributed by atoms with Crippen LogP contribution in [0.3, 0.4) is 0 Å². The zero-order valence-corrected chi connectivity index (χ0v) is 14.6. The van der Waals surface area contributed by atoms with Crippen molar-refractivity contribution >= 4 is 11.8 Å². The van der Waals surface area contributed by atoms with Crippen LogP contribution in [0.1, 0.15) is 22.3 Å². The minimum atomic E-state index is -0.291. The fourth-order valence-corrected chi connectivity index (χ4v) is 3.04. The van der Waals surface area contributed by atoms with Crippen LogP contribution in [0.2, 0.25) is 0 Å². The van der Waals surface area contributed by atoms with Crippen LogP contribution in [0.4, 0.5) is 4.39 Å². The highest BCUT2D eigenvalue weighted by Crippen LogP contribution is 2.20. The van der Waals surface area contributed by atoms with E-state index >= 15 is 0 Å². The van der Waals surface area contributed by atoms with Crippen molar-refractivity contribution in [3.8, 4) is 5.75 Å². The molecule has 1 N–H and O–H groups in total. The van der Waals surface area contributed by atoms with E-state index < -0.39 is 0 Å². The Kier molecular flexibility index (Phi) is 5.51. The first kappa shape index (κ1) is 17.9. The monoisotopic (exact) mass is 356 g/mol. The molecule has 1 heterocycles. The average molecular weight is 356 g/mol. The summed E-state index contributed by atoms with van der Waals surface area (Å²) >= 11 is 0. The third kappa shape index (κ3) is 4.39. The number of benzene rings is 2. The van der Waals surface area contributed by atoms with Gasteiger partial charge in [0.1, 0.15) is 11.6 Å². The quantitative estimate of drug-likeness (QED) is 0.866. The minimum absolute atomic E-state index is 0.0537. The molecule has 5 nitrogen and oxygen atoms in total. The second-order valence-electron chi connectivity index (χ2n) is 6.41. The lowest BCUT2D eigenvalue weighted by Crippen LogP contribution is -2.31. The number of halogens is 1. The molecule has 1 aliphatic rings. The number of nitrogens with zero attached hydrogens (tertiary/aromatic N) is 1. The van der Waals surface area contributed by atoms with Crippen LogP contribution >= 0.6 is 0 Å². The minimum Gasteiger partial charge on any atom is -0.497 e. The summed E-state index contributed by atoms with van der Waals surface area (Å²) in [6.45, 7) is 1.48. The molecular weight excluding hydrogens is 335 g/mol. The number of hydrogen-bond donors (Lipinski definition) is 1. The fraction of sp³-hybridized carbons (Fsp3) is 0.300. The first-order chi connectivity index (χ1) is 12.5. The van der Waals surface area contributed by atoms with E-state index in [-0.39, 0.29) is 23.5 Å². The van der Waals surface area contributed by atoms with Crippen LogP contribution in [-0.4, -0.2) is 36.9 Å². The Balaban J connectivity index is 1.50. The summed E-state index contributed by atoms with van der Waals surface area (Å²) in [4.78, 5) is 26.1. The Morgan fingerprint density at radius 1 is 1.19 bits per heavy atom. The molecule has 3 rings (SSSR count). The lowest BCUT2D eigenvalue weighted by molar-refractivity contribution is -0.128. The van der Waals surface area contributed by atoms with Gasteiger partial charge in [0.2, 0.25) is 5.91 Å². The van der Waals surface area contributed by atoms with Gasteiger partial charge >= 0.3 is 0 Å². The van der Waals surface area contributed by atoms with E-state index in [1.54, 1.807) is 48.4 Å². The van der Waals surface area contributed by atoms with Gasteiger partial charge in [0, 0.05) is 37.5 Å². The van der Waals surface area contributed by atoms with Gasteiger partial charge in [-0.15, -0.1) is 0 Å². The van der Waals surface area contributed by atoms with Crippen molar-refractivity contribution in [2.45, 2.75) is 13.0 Å². The van der Waals surface area contributed by atoms with E-state index in [1.807, 2.05) is 0 Å². The van der Waals surface area contributed by atoms with Crippen LogP contribution < -0.4 is 10.1 Å². The van der Waals surface area contributed by atoms with E-state index in [0.29, 0.717) is 37.4 Å². The number of nitrogens with one attached hydrogen (secondary N) is 1. The maximum absolute atomic E-state index is 13.0. The zero-order valence-electron chi connectivity index (χ0n) is 14.6. The molecule has 0 saturated carbocycles. The van der Waals surface area contributed by atoms with Crippen LogP contribution in [0.25, 0.3) is 0 Å². The normalized spacial score (nSPS) is 16.6. The van der Waals surface area contributed by atoms with Gasteiger partial charge in [-0.25, -0.2) is 4.39 Å². The van der Waals surface area contributed by atoms with Crippen molar-refractivity contribution in [1.82, 2.24) is 10.2 Å². The highest BCUT2D eigenvalue weighted by Gasteiger charge is 2.29. The summed E-state index contributed by atoms with van der Waals surface area (Å²) in [5.41, 5.74) is 1.45. The first-order valence-corrected chi connectivity index (χ1v) is 8.49. The molecule has 2 amide bonds. The molecule has 0 aliphatic carbocycles. The van der Waals surface area contributed by atoms with Gasteiger partial charge in [0.05, 0.1) is 7.11 Å². The lowest BCUT2D eigenvalue weighted by atomic mass is 10.1. The molecule has 0 bridgehead atoms. The smallest absolute Gasteiger partial charge is 0.251 e. The number of methoxy groups -OCH3 is 1. The molecule has 0 spiro atoms. The van der Waals surface area contributed by atoms with Crippen LogP contribution in [-0.2, 0) is 11.3 Å². The molecular formula is C20H21FN2O3. The summed E-state index contributed by atoms with van der Waals surface area (Å²) in [6, 6.07) is 13.0. The van der Waals surface area contributed by atoms with Gasteiger partial charge < -0.3 is 15.0 Å². The highest BCUT2D eigenvalue weighted by atomic mass is 19.1. The van der Waals surface area contributed by atoms with Crippen molar-refractivity contribution in [1.29, 1.82) is 0 Å². The molecule has 1 saturated heterocycles. The summed E-state index contributed by atoms with van der Waals surface area (Å²) in [6.07, 6.45) is 0.407. The van der Waals surface area contributed by atoms with Crippen molar-refractivity contribution < 1.29 is 18.7 Å². The third-order valence-corrected chi connectivity index (χ3v) is 4.48. The number of carbonyl (C=O) groups excluding carboxylic acids is 2. The summed E-state index contributed by atoms with van der Waals surface area (Å²) < 4.78 is 18.0. The predicted molar refractivity (Wildman–Crippen MR) is 95.3 cm³/mol. The van der Waals surface area contributed by atoms with Gasteiger partial charge in [0.25, 0.3) is 5.91 Å². The summed E-state index contributed by atoms with van der Waals surface area (Å²) in [7, 11) is 1.57. The Bertz CT molecular complexity index is 775. The SMILES string of the molecule is COc1ccc(C(=O)NC[C@H]2CC(=O)N(Cc3ccc(F)cc3)C2)cc1. The standard InChI is InChI=1S/C20H21FN2O3/c1-26-18-8-4-16(5-9-18)20(25)22-11-15-10-19(24)23(13-15)12-14-2-6-17(21)7-3-14/h2-9,15H,10-13H2,1H3,(H,22,25)/t15-/m1/s1. The third-order valence-electron chi connectivity index (χ3n) is 4.48. The van der Waals surface area contributed by atoms with E-state index in [2.05, 4.69) is 5.32 Å². The average Bonchev–Trinajstić information content (AvgIpc) is 3.01. The number of rotatable bonds is 6. The van der Waals surface area contributed by atoms with E-state index in [0.717, 1.165) is 5.56 Å². The second-order valence-corrected chi connectivity index (χ2v) is 6.41. The molecule has 1 aliphatic heterocycles. The highest BCUT2D eigenvalue weighted by molar-refractivity contribution is 5.94. The van der Waals surface area contributed by atoms with Crippen molar-refractivity contribution in [3.63, 3.8) is 0 Å². The fourth-order valence-electron chi connectivity index (χ4n) is 3.04. The summed E-state index contributed by atoms with van der Waals surface area (Å²) in [5, 5.41) is 2.88.